The number of aliphatic imine (C=N–C) groups is 1. The molecule has 2 fully saturated rings. The highest BCUT2D eigenvalue weighted by Crippen LogP contribution is 2.58. The van der Waals surface area contributed by atoms with Crippen LogP contribution in [0.5, 0.6) is 0 Å². The molecule has 0 N–H and O–H groups in total. The van der Waals surface area contributed by atoms with Gasteiger partial charge in [0.1, 0.15) is 5.66 Å². The molecule has 3 aliphatic rings. The molecule has 3 atom stereocenters. The van der Waals surface area contributed by atoms with Crippen LogP contribution in [-0.2, 0) is 0 Å². The quantitative estimate of drug-likeness (QED) is 0.512. The van der Waals surface area contributed by atoms with Gasteiger partial charge < -0.3 is 0 Å². The van der Waals surface area contributed by atoms with Crippen molar-refractivity contribution >= 4 is 5.71 Å². The lowest BCUT2D eigenvalue weighted by atomic mass is 9.92. The maximum atomic E-state index is 5.53. The van der Waals surface area contributed by atoms with E-state index >= 15 is 0 Å². The van der Waals surface area contributed by atoms with E-state index in [-0.39, 0.29) is 5.66 Å². The Morgan fingerprint density at radius 2 is 1.14 bits per heavy atom. The van der Waals surface area contributed by atoms with Crippen LogP contribution in [0.15, 0.2) is 65.7 Å². The van der Waals surface area contributed by atoms with Crippen molar-refractivity contribution in [2.75, 3.05) is 0 Å². The van der Waals surface area contributed by atoms with Crippen LogP contribution in [0.1, 0.15) is 87.8 Å². The molecule has 1 unspecified atom stereocenters. The van der Waals surface area contributed by atoms with Crippen molar-refractivity contribution in [2.24, 2.45) is 4.99 Å². The van der Waals surface area contributed by atoms with Crippen LogP contribution >= 0.6 is 0 Å². The first-order chi connectivity index (χ1) is 14.4. The van der Waals surface area contributed by atoms with Gasteiger partial charge in [-0.15, -0.1) is 0 Å². The third-order valence-corrected chi connectivity index (χ3v) is 7.26. The second-order valence-electron chi connectivity index (χ2n) is 9.24. The van der Waals surface area contributed by atoms with Gasteiger partial charge in [0.25, 0.3) is 0 Å². The van der Waals surface area contributed by atoms with Crippen molar-refractivity contribution in [3.63, 3.8) is 0 Å². The van der Waals surface area contributed by atoms with Crippen LogP contribution in [0.2, 0.25) is 0 Å². The van der Waals surface area contributed by atoms with E-state index in [0.29, 0.717) is 12.1 Å². The van der Waals surface area contributed by atoms with Crippen molar-refractivity contribution in [3.05, 3.63) is 71.8 Å². The number of benzene rings is 2. The molecule has 2 aromatic rings. The minimum absolute atomic E-state index is 0.0234. The predicted molar refractivity (Wildman–Crippen MR) is 121 cm³/mol. The zero-order valence-electron chi connectivity index (χ0n) is 17.6. The molecule has 2 nitrogen and oxygen atoms in total. The van der Waals surface area contributed by atoms with E-state index in [0.717, 1.165) is 0 Å². The van der Waals surface area contributed by atoms with Crippen LogP contribution in [0.25, 0.3) is 0 Å². The molecule has 152 valence electrons. The number of hydrogen-bond acceptors (Lipinski definition) is 2. The van der Waals surface area contributed by atoms with Gasteiger partial charge in [-0.3, -0.25) is 9.89 Å². The molecule has 2 heterocycles. The molecule has 1 spiro atoms. The normalized spacial score (nSPS) is 29.4. The summed E-state index contributed by atoms with van der Waals surface area (Å²) in [6, 6.07) is 23.1. The van der Waals surface area contributed by atoms with Gasteiger partial charge >= 0.3 is 0 Å². The highest BCUT2D eigenvalue weighted by atomic mass is 15.5. The Labute approximate surface area is 176 Å². The molecular formula is C27H34N2. The highest BCUT2D eigenvalue weighted by molar-refractivity contribution is 6.08. The van der Waals surface area contributed by atoms with Crippen LogP contribution < -0.4 is 0 Å². The molecule has 2 aliphatic heterocycles. The first-order valence-corrected chi connectivity index (χ1v) is 11.9. The van der Waals surface area contributed by atoms with Gasteiger partial charge in [-0.25, -0.2) is 0 Å². The van der Waals surface area contributed by atoms with Crippen LogP contribution in [0.3, 0.4) is 0 Å². The Morgan fingerprint density at radius 3 is 1.72 bits per heavy atom. The average Bonchev–Trinajstić information content (AvgIpc) is 3.43. The molecule has 1 saturated carbocycles. The van der Waals surface area contributed by atoms with Gasteiger partial charge in [0.15, 0.2) is 0 Å². The van der Waals surface area contributed by atoms with E-state index in [2.05, 4.69) is 65.6 Å². The topological polar surface area (TPSA) is 15.4 Å². The molecule has 0 radical (unpaired) electrons. The molecule has 0 bridgehead atoms. The SMILES string of the molecule is c1ccc(C2=NC3(CCCCCCCCCCC3)N3[C@H](c4ccccc4)[C@H]23)cc1. The Kier molecular flexibility index (Phi) is 5.54. The number of nitrogens with zero attached hydrogens (tertiary/aromatic N) is 2. The Balaban J connectivity index is 1.48. The summed E-state index contributed by atoms with van der Waals surface area (Å²) in [5, 5.41) is 0. The number of rotatable bonds is 2. The monoisotopic (exact) mass is 386 g/mol. The average molecular weight is 387 g/mol. The van der Waals surface area contributed by atoms with E-state index in [4.69, 9.17) is 4.99 Å². The zero-order valence-corrected chi connectivity index (χ0v) is 17.6. The lowest BCUT2D eigenvalue weighted by molar-refractivity contribution is 0.182. The number of fused-ring (bicyclic) bond motifs is 2. The van der Waals surface area contributed by atoms with Crippen molar-refractivity contribution in [1.29, 1.82) is 0 Å². The van der Waals surface area contributed by atoms with Crippen LogP contribution in [0, 0.1) is 0 Å². The third-order valence-electron chi connectivity index (χ3n) is 7.26. The van der Waals surface area contributed by atoms with E-state index in [1.165, 1.54) is 87.5 Å². The molecule has 29 heavy (non-hydrogen) atoms. The largest absolute Gasteiger partial charge is 0.265 e. The molecule has 1 aliphatic carbocycles. The van der Waals surface area contributed by atoms with Gasteiger partial charge in [0, 0.05) is 0 Å². The molecule has 2 aromatic carbocycles. The summed E-state index contributed by atoms with van der Waals surface area (Å²) in [5.41, 5.74) is 4.15. The van der Waals surface area contributed by atoms with Crippen molar-refractivity contribution in [3.8, 4) is 0 Å². The Bertz CT molecular complexity index is 814. The summed E-state index contributed by atoms with van der Waals surface area (Å²) in [7, 11) is 0. The molecule has 5 rings (SSSR count). The van der Waals surface area contributed by atoms with Gasteiger partial charge in [0.2, 0.25) is 0 Å². The highest BCUT2D eigenvalue weighted by Gasteiger charge is 2.64. The second-order valence-corrected chi connectivity index (χ2v) is 9.24. The smallest absolute Gasteiger partial charge is 0.114 e. The molecule has 1 saturated heterocycles. The fourth-order valence-electron chi connectivity index (χ4n) is 5.76. The summed E-state index contributed by atoms with van der Waals surface area (Å²) < 4.78 is 0. The lowest BCUT2D eigenvalue weighted by Crippen LogP contribution is -2.34. The molecule has 0 aromatic heterocycles. The summed E-state index contributed by atoms with van der Waals surface area (Å²) in [6.07, 6.45) is 14.9. The van der Waals surface area contributed by atoms with Gasteiger partial charge in [0.05, 0.1) is 17.8 Å². The summed E-state index contributed by atoms with van der Waals surface area (Å²) in [5.74, 6) is 0. The predicted octanol–water partition coefficient (Wildman–Crippen LogP) is 6.92. The minimum atomic E-state index is 0.0234. The Hall–Kier alpha value is -1.93. The van der Waals surface area contributed by atoms with Crippen molar-refractivity contribution in [2.45, 2.75) is 88.4 Å². The van der Waals surface area contributed by atoms with Crippen LogP contribution in [0.4, 0.5) is 0 Å². The minimum Gasteiger partial charge on any atom is -0.265 e. The Morgan fingerprint density at radius 1 is 0.621 bits per heavy atom. The van der Waals surface area contributed by atoms with Gasteiger partial charge in [-0.2, -0.15) is 0 Å². The number of hydrogen-bond donors (Lipinski definition) is 0. The molecular weight excluding hydrogens is 352 g/mol. The van der Waals surface area contributed by atoms with E-state index in [9.17, 15) is 0 Å². The molecule has 2 heteroatoms. The maximum Gasteiger partial charge on any atom is 0.114 e. The van der Waals surface area contributed by atoms with E-state index in [1.807, 2.05) is 0 Å². The first kappa shape index (κ1) is 19.1. The summed E-state index contributed by atoms with van der Waals surface area (Å²) in [6.45, 7) is 0. The van der Waals surface area contributed by atoms with E-state index < -0.39 is 0 Å². The first-order valence-electron chi connectivity index (χ1n) is 11.9. The van der Waals surface area contributed by atoms with Crippen molar-refractivity contribution < 1.29 is 0 Å². The van der Waals surface area contributed by atoms with Crippen molar-refractivity contribution in [1.82, 2.24) is 4.90 Å². The lowest BCUT2D eigenvalue weighted by Gasteiger charge is -2.31. The van der Waals surface area contributed by atoms with Gasteiger partial charge in [-0.1, -0.05) is 106 Å². The summed E-state index contributed by atoms with van der Waals surface area (Å²) in [4.78, 5) is 8.30. The third kappa shape index (κ3) is 3.80. The van der Waals surface area contributed by atoms with E-state index in [1.54, 1.807) is 0 Å². The second kappa shape index (κ2) is 8.44. The zero-order chi connectivity index (χ0) is 19.5. The van der Waals surface area contributed by atoms with Gasteiger partial charge in [-0.05, 0) is 36.8 Å². The standard InChI is InChI=1S/C27H34N2/c1-2-4-6-14-20-27(21-15-7-5-3-1)28-24(22-16-10-8-11-17-22)26-25(29(26)27)23-18-12-9-13-19-23/h8-13,16-19,25-26H,1-7,14-15,20-21H2/t25-,26+,29?/m1/s1. The molecule has 0 amide bonds. The van der Waals surface area contributed by atoms with Crippen LogP contribution in [-0.4, -0.2) is 22.3 Å². The summed E-state index contributed by atoms with van der Waals surface area (Å²) >= 11 is 0. The fraction of sp³-hybridized carbons (Fsp3) is 0.519. The maximum absolute atomic E-state index is 5.53. The fourth-order valence-corrected chi connectivity index (χ4v) is 5.76.